The highest BCUT2D eigenvalue weighted by atomic mass is 32.2. The van der Waals surface area contributed by atoms with Crippen molar-refractivity contribution in [2.45, 2.75) is 40.0 Å². The molecule has 6 nitrogen and oxygen atoms in total. The maximum Gasteiger partial charge on any atom is 0.303 e. The van der Waals surface area contributed by atoms with Crippen molar-refractivity contribution in [1.29, 1.82) is 0 Å². The van der Waals surface area contributed by atoms with Gasteiger partial charge in [-0.05, 0) is 103 Å². The monoisotopic (exact) mass is 531 g/mol. The van der Waals surface area contributed by atoms with Gasteiger partial charge in [-0.3, -0.25) is 4.79 Å². The Hall–Kier alpha value is -3.71. The van der Waals surface area contributed by atoms with Gasteiger partial charge in [0.1, 0.15) is 15.6 Å². The van der Waals surface area contributed by atoms with Crippen LogP contribution in [0.5, 0.6) is 5.75 Å². The molecule has 0 aliphatic rings. The summed E-state index contributed by atoms with van der Waals surface area (Å²) in [6, 6.07) is 20.4. The van der Waals surface area contributed by atoms with E-state index in [9.17, 15) is 13.2 Å². The number of carboxylic acid groups (broad SMARTS) is 1. The highest BCUT2D eigenvalue weighted by Crippen LogP contribution is 2.35. The van der Waals surface area contributed by atoms with Gasteiger partial charge in [0, 0.05) is 23.6 Å². The lowest BCUT2D eigenvalue weighted by atomic mass is 9.92. The zero-order chi connectivity index (χ0) is 27.4. The number of aliphatic carboxylic acids is 1. The molecule has 0 bridgehead atoms. The van der Waals surface area contributed by atoms with Gasteiger partial charge >= 0.3 is 5.97 Å². The third-order valence-corrected chi connectivity index (χ3v) is 7.65. The number of carbonyl (C=O) groups is 1. The Morgan fingerprint density at radius 3 is 2.34 bits per heavy atom. The number of hydrogen-bond donors (Lipinski definition) is 1. The van der Waals surface area contributed by atoms with Crippen LogP contribution in [0.1, 0.15) is 35.1 Å². The van der Waals surface area contributed by atoms with Crippen LogP contribution in [0.25, 0.3) is 33.3 Å². The zero-order valence-corrected chi connectivity index (χ0v) is 23.1. The number of benzene rings is 3. The molecule has 1 heterocycles. The Balaban J connectivity index is 1.60. The van der Waals surface area contributed by atoms with Gasteiger partial charge in [-0.2, -0.15) is 0 Å². The normalized spacial score (nSPS) is 11.6. The number of aromatic nitrogens is 1. The molecule has 1 N–H and O–H groups in total. The standard InChI is InChI=1S/C31H33NO5S/c1-20-6-9-25(31-21(2)16-26(17-22(31)3)37-14-5-15-38(4,35)36)19-27(20)29-12-10-24-18-23(8-13-30(33)34)7-11-28(24)32-29/h6-7,9-12,16-19H,5,8,13-15H2,1-4H3,(H,33,34). The van der Waals surface area contributed by atoms with Crippen LogP contribution in [0.4, 0.5) is 0 Å². The lowest BCUT2D eigenvalue weighted by molar-refractivity contribution is -0.136. The first-order valence-electron chi connectivity index (χ1n) is 12.6. The second kappa shape index (κ2) is 11.4. The van der Waals surface area contributed by atoms with E-state index < -0.39 is 15.8 Å². The maximum atomic E-state index is 11.4. The number of nitrogens with zero attached hydrogens (tertiary/aromatic N) is 1. The van der Waals surface area contributed by atoms with Crippen LogP contribution in [0.15, 0.2) is 60.7 Å². The Morgan fingerprint density at radius 1 is 0.921 bits per heavy atom. The minimum absolute atomic E-state index is 0.109. The van der Waals surface area contributed by atoms with Gasteiger partial charge in [-0.25, -0.2) is 13.4 Å². The van der Waals surface area contributed by atoms with Gasteiger partial charge in [-0.1, -0.05) is 24.3 Å². The minimum atomic E-state index is -2.99. The van der Waals surface area contributed by atoms with Crippen molar-refractivity contribution in [1.82, 2.24) is 4.98 Å². The number of hydrogen-bond acceptors (Lipinski definition) is 5. The van der Waals surface area contributed by atoms with Crippen LogP contribution < -0.4 is 4.74 Å². The lowest BCUT2D eigenvalue weighted by Gasteiger charge is -2.16. The van der Waals surface area contributed by atoms with Crippen LogP contribution in [0.2, 0.25) is 0 Å². The van der Waals surface area contributed by atoms with Crippen molar-refractivity contribution in [3.63, 3.8) is 0 Å². The van der Waals surface area contributed by atoms with E-state index in [0.717, 1.165) is 61.3 Å². The molecule has 4 aromatic rings. The van der Waals surface area contributed by atoms with Gasteiger partial charge in [-0.15, -0.1) is 0 Å². The zero-order valence-electron chi connectivity index (χ0n) is 22.2. The summed E-state index contributed by atoms with van der Waals surface area (Å²) < 4.78 is 28.5. The predicted octanol–water partition coefficient (Wildman–Crippen LogP) is 6.32. The van der Waals surface area contributed by atoms with Crippen LogP contribution >= 0.6 is 0 Å². The Bertz CT molecular complexity index is 1590. The molecule has 3 aromatic carbocycles. The number of pyridine rings is 1. The van der Waals surface area contributed by atoms with Crippen LogP contribution in [0.3, 0.4) is 0 Å². The summed E-state index contributed by atoms with van der Waals surface area (Å²) in [5.74, 6) is 0.0545. The third-order valence-electron chi connectivity index (χ3n) is 6.62. The van der Waals surface area contributed by atoms with Crippen molar-refractivity contribution < 1.29 is 23.1 Å². The Kier molecular flexibility index (Phi) is 8.17. The summed E-state index contributed by atoms with van der Waals surface area (Å²) in [6.45, 7) is 6.55. The number of rotatable bonds is 10. The van der Waals surface area contributed by atoms with E-state index in [1.165, 1.54) is 6.26 Å². The molecule has 0 aliphatic heterocycles. The Morgan fingerprint density at radius 2 is 1.66 bits per heavy atom. The molecule has 1 aromatic heterocycles. The van der Waals surface area contributed by atoms with Crippen molar-refractivity contribution in [3.05, 3.63) is 82.9 Å². The molecule has 0 unspecified atom stereocenters. The predicted molar refractivity (Wildman–Crippen MR) is 153 cm³/mol. The summed E-state index contributed by atoms with van der Waals surface area (Å²) in [5.41, 5.74) is 9.32. The number of fused-ring (bicyclic) bond motifs is 1. The molecule has 0 aliphatic carbocycles. The molecular weight excluding hydrogens is 498 g/mol. The smallest absolute Gasteiger partial charge is 0.303 e. The van der Waals surface area contributed by atoms with Gasteiger partial charge < -0.3 is 9.84 Å². The van der Waals surface area contributed by atoms with E-state index in [-0.39, 0.29) is 12.2 Å². The fourth-order valence-corrected chi connectivity index (χ4v) is 5.40. The molecule has 7 heteroatoms. The van der Waals surface area contributed by atoms with E-state index in [0.29, 0.717) is 19.4 Å². The number of ether oxygens (including phenoxy) is 1. The molecule has 0 atom stereocenters. The van der Waals surface area contributed by atoms with Crippen molar-refractivity contribution >= 4 is 26.7 Å². The first-order chi connectivity index (χ1) is 18.0. The SMILES string of the molecule is Cc1ccc(-c2c(C)cc(OCCCS(C)(=O)=O)cc2C)cc1-c1ccc2cc(CCC(=O)O)ccc2n1. The molecule has 0 saturated carbocycles. The number of sulfone groups is 1. The molecule has 38 heavy (non-hydrogen) atoms. The van der Waals surface area contributed by atoms with E-state index >= 15 is 0 Å². The van der Waals surface area contributed by atoms with Crippen molar-refractivity contribution in [2.75, 3.05) is 18.6 Å². The molecule has 4 rings (SSSR count). The number of carboxylic acids is 1. The maximum absolute atomic E-state index is 11.4. The van der Waals surface area contributed by atoms with Gasteiger partial charge in [0.25, 0.3) is 0 Å². The lowest BCUT2D eigenvalue weighted by Crippen LogP contribution is -2.08. The Labute approximate surface area is 224 Å². The minimum Gasteiger partial charge on any atom is -0.494 e. The van der Waals surface area contributed by atoms with E-state index in [1.54, 1.807) is 0 Å². The van der Waals surface area contributed by atoms with Gasteiger partial charge in [0.15, 0.2) is 0 Å². The highest BCUT2D eigenvalue weighted by Gasteiger charge is 2.13. The van der Waals surface area contributed by atoms with Gasteiger partial charge in [0.05, 0.1) is 23.6 Å². The fraction of sp³-hybridized carbons (Fsp3) is 0.290. The third kappa shape index (κ3) is 6.78. The first kappa shape index (κ1) is 27.3. The molecule has 0 radical (unpaired) electrons. The van der Waals surface area contributed by atoms with Crippen molar-refractivity contribution in [2.24, 2.45) is 0 Å². The highest BCUT2D eigenvalue weighted by molar-refractivity contribution is 7.90. The van der Waals surface area contributed by atoms with E-state index in [2.05, 4.69) is 39.0 Å². The first-order valence-corrected chi connectivity index (χ1v) is 14.7. The van der Waals surface area contributed by atoms with E-state index in [4.69, 9.17) is 14.8 Å². The van der Waals surface area contributed by atoms with Crippen LogP contribution in [-0.2, 0) is 21.1 Å². The van der Waals surface area contributed by atoms with Gasteiger partial charge in [0.2, 0.25) is 0 Å². The largest absolute Gasteiger partial charge is 0.494 e. The second-order valence-corrected chi connectivity index (χ2v) is 12.2. The number of aryl methyl sites for hydroxylation is 4. The summed E-state index contributed by atoms with van der Waals surface area (Å²) in [4.78, 5) is 15.8. The summed E-state index contributed by atoms with van der Waals surface area (Å²) >= 11 is 0. The molecule has 0 fully saturated rings. The molecule has 0 saturated heterocycles. The van der Waals surface area contributed by atoms with Crippen molar-refractivity contribution in [3.8, 4) is 28.1 Å². The average molecular weight is 532 g/mol. The van der Waals surface area contributed by atoms with Crippen LogP contribution in [-0.4, -0.2) is 43.1 Å². The summed E-state index contributed by atoms with van der Waals surface area (Å²) in [7, 11) is -2.99. The second-order valence-electron chi connectivity index (χ2n) is 9.91. The topological polar surface area (TPSA) is 93.6 Å². The van der Waals surface area contributed by atoms with Crippen LogP contribution in [0, 0.1) is 20.8 Å². The molecule has 0 spiro atoms. The van der Waals surface area contributed by atoms with E-state index in [1.807, 2.05) is 42.5 Å². The summed E-state index contributed by atoms with van der Waals surface area (Å²) in [5, 5.41) is 9.95. The summed E-state index contributed by atoms with van der Waals surface area (Å²) in [6.07, 6.45) is 2.30. The quantitative estimate of drug-likeness (QED) is 0.241. The molecule has 198 valence electrons. The fourth-order valence-electron chi connectivity index (χ4n) is 4.76. The molecule has 0 amide bonds. The molecular formula is C31H33NO5S. The average Bonchev–Trinajstić information content (AvgIpc) is 2.85.